The SMILES string of the molecule is NC1CCCC1OCc1ccno1. The van der Waals surface area contributed by atoms with E-state index in [1.54, 1.807) is 12.3 Å². The van der Waals surface area contributed by atoms with Crippen molar-refractivity contribution in [3.05, 3.63) is 18.0 Å². The van der Waals surface area contributed by atoms with Crippen molar-refractivity contribution in [2.75, 3.05) is 0 Å². The quantitative estimate of drug-likeness (QED) is 0.759. The predicted molar refractivity (Wildman–Crippen MR) is 46.9 cm³/mol. The molecule has 2 atom stereocenters. The summed E-state index contributed by atoms with van der Waals surface area (Å²) in [6, 6.07) is 2.00. The second-order valence-electron chi connectivity index (χ2n) is 3.42. The molecule has 72 valence electrons. The summed E-state index contributed by atoms with van der Waals surface area (Å²) in [5.74, 6) is 0.763. The molecule has 0 aromatic carbocycles. The zero-order valence-corrected chi connectivity index (χ0v) is 7.48. The van der Waals surface area contributed by atoms with Crippen LogP contribution in [0.25, 0.3) is 0 Å². The van der Waals surface area contributed by atoms with Crippen LogP contribution in [0, 0.1) is 0 Å². The van der Waals surface area contributed by atoms with Gasteiger partial charge in [-0.2, -0.15) is 0 Å². The van der Waals surface area contributed by atoms with Crippen LogP contribution in [0.5, 0.6) is 0 Å². The van der Waals surface area contributed by atoms with Crippen LogP contribution < -0.4 is 5.73 Å². The number of nitrogens with zero attached hydrogens (tertiary/aromatic N) is 1. The average molecular weight is 182 g/mol. The highest BCUT2D eigenvalue weighted by Crippen LogP contribution is 2.21. The third-order valence-corrected chi connectivity index (χ3v) is 2.43. The van der Waals surface area contributed by atoms with Crippen LogP contribution in [-0.2, 0) is 11.3 Å². The lowest BCUT2D eigenvalue weighted by atomic mass is 10.2. The highest BCUT2D eigenvalue weighted by molar-refractivity contribution is 4.91. The second-order valence-corrected chi connectivity index (χ2v) is 3.42. The first-order valence-electron chi connectivity index (χ1n) is 4.63. The van der Waals surface area contributed by atoms with E-state index in [1.165, 1.54) is 6.42 Å². The van der Waals surface area contributed by atoms with Crippen LogP contribution in [0.3, 0.4) is 0 Å². The summed E-state index contributed by atoms with van der Waals surface area (Å²) in [6.07, 6.45) is 5.12. The first-order valence-corrected chi connectivity index (χ1v) is 4.63. The van der Waals surface area contributed by atoms with Crippen molar-refractivity contribution >= 4 is 0 Å². The predicted octanol–water partition coefficient (Wildman–Crippen LogP) is 1.07. The van der Waals surface area contributed by atoms with Crippen molar-refractivity contribution in [1.29, 1.82) is 0 Å². The molecular formula is C9H14N2O2. The van der Waals surface area contributed by atoms with E-state index < -0.39 is 0 Å². The normalized spacial score (nSPS) is 28.1. The fourth-order valence-corrected chi connectivity index (χ4v) is 1.67. The molecule has 4 nitrogen and oxygen atoms in total. The number of hydrogen-bond donors (Lipinski definition) is 1. The molecule has 0 amide bonds. The Morgan fingerprint density at radius 2 is 2.54 bits per heavy atom. The van der Waals surface area contributed by atoms with Crippen LogP contribution in [-0.4, -0.2) is 17.3 Å². The van der Waals surface area contributed by atoms with Gasteiger partial charge in [0.05, 0.1) is 12.3 Å². The first kappa shape index (κ1) is 8.72. The van der Waals surface area contributed by atoms with Gasteiger partial charge in [-0.15, -0.1) is 0 Å². The largest absolute Gasteiger partial charge is 0.369 e. The number of hydrogen-bond acceptors (Lipinski definition) is 4. The molecule has 1 aliphatic carbocycles. The van der Waals surface area contributed by atoms with Crippen LogP contribution in [0.4, 0.5) is 0 Å². The van der Waals surface area contributed by atoms with Gasteiger partial charge in [-0.3, -0.25) is 0 Å². The fourth-order valence-electron chi connectivity index (χ4n) is 1.67. The number of ether oxygens (including phenoxy) is 1. The van der Waals surface area contributed by atoms with E-state index in [2.05, 4.69) is 5.16 Å². The first-order chi connectivity index (χ1) is 6.36. The van der Waals surface area contributed by atoms with Gasteiger partial charge in [0.25, 0.3) is 0 Å². The lowest BCUT2D eigenvalue weighted by Gasteiger charge is -2.14. The maximum Gasteiger partial charge on any atom is 0.162 e. The van der Waals surface area contributed by atoms with Gasteiger partial charge in [-0.05, 0) is 19.3 Å². The molecule has 0 saturated heterocycles. The molecule has 0 radical (unpaired) electrons. The van der Waals surface area contributed by atoms with Gasteiger partial charge in [0.15, 0.2) is 5.76 Å². The summed E-state index contributed by atoms with van der Waals surface area (Å²) in [6.45, 7) is 0.484. The molecule has 2 rings (SSSR count). The third kappa shape index (κ3) is 2.08. The van der Waals surface area contributed by atoms with Crippen molar-refractivity contribution in [3.63, 3.8) is 0 Å². The number of nitrogens with two attached hydrogens (primary N) is 1. The van der Waals surface area contributed by atoms with E-state index in [0.29, 0.717) is 6.61 Å². The van der Waals surface area contributed by atoms with Gasteiger partial charge in [-0.1, -0.05) is 5.16 Å². The molecule has 1 saturated carbocycles. The van der Waals surface area contributed by atoms with Gasteiger partial charge in [0.1, 0.15) is 6.61 Å². The Bertz CT molecular complexity index is 248. The van der Waals surface area contributed by atoms with Crippen molar-refractivity contribution < 1.29 is 9.26 Å². The molecule has 0 bridgehead atoms. The average Bonchev–Trinajstić information content (AvgIpc) is 2.72. The summed E-state index contributed by atoms with van der Waals surface area (Å²) >= 11 is 0. The van der Waals surface area contributed by atoms with E-state index in [4.69, 9.17) is 15.0 Å². The van der Waals surface area contributed by atoms with Crippen LogP contribution >= 0.6 is 0 Å². The minimum atomic E-state index is 0.197. The van der Waals surface area contributed by atoms with Crippen molar-refractivity contribution in [2.45, 2.75) is 38.0 Å². The fraction of sp³-hybridized carbons (Fsp3) is 0.667. The highest BCUT2D eigenvalue weighted by atomic mass is 16.5. The number of rotatable bonds is 3. The number of aromatic nitrogens is 1. The standard InChI is InChI=1S/C9H14N2O2/c10-8-2-1-3-9(8)12-6-7-4-5-11-13-7/h4-5,8-9H,1-3,6,10H2. The molecular weight excluding hydrogens is 168 g/mol. The van der Waals surface area contributed by atoms with E-state index >= 15 is 0 Å². The Labute approximate surface area is 77.0 Å². The van der Waals surface area contributed by atoms with E-state index in [-0.39, 0.29) is 12.1 Å². The zero-order chi connectivity index (χ0) is 9.10. The maximum atomic E-state index is 5.85. The van der Waals surface area contributed by atoms with Gasteiger partial charge in [-0.25, -0.2) is 0 Å². The van der Waals surface area contributed by atoms with Gasteiger partial charge < -0.3 is 15.0 Å². The van der Waals surface area contributed by atoms with Crippen molar-refractivity contribution in [2.24, 2.45) is 5.73 Å². The van der Waals surface area contributed by atoms with Crippen molar-refractivity contribution in [1.82, 2.24) is 5.16 Å². The second kappa shape index (κ2) is 3.89. The van der Waals surface area contributed by atoms with Gasteiger partial charge in [0, 0.05) is 12.1 Å². The Kier molecular flexibility index (Phi) is 2.61. The molecule has 2 N–H and O–H groups in total. The summed E-state index contributed by atoms with van der Waals surface area (Å²) in [5.41, 5.74) is 5.85. The van der Waals surface area contributed by atoms with Gasteiger partial charge >= 0.3 is 0 Å². The van der Waals surface area contributed by atoms with E-state index in [1.807, 2.05) is 0 Å². The van der Waals surface area contributed by atoms with Crippen LogP contribution in [0.1, 0.15) is 25.0 Å². The Morgan fingerprint density at radius 3 is 3.15 bits per heavy atom. The topological polar surface area (TPSA) is 61.3 Å². The van der Waals surface area contributed by atoms with Crippen LogP contribution in [0.2, 0.25) is 0 Å². The molecule has 0 spiro atoms. The Morgan fingerprint density at radius 1 is 1.62 bits per heavy atom. The summed E-state index contributed by atoms with van der Waals surface area (Å²) in [5, 5.41) is 3.60. The molecule has 4 heteroatoms. The molecule has 1 aliphatic rings. The Hall–Kier alpha value is -0.870. The lowest BCUT2D eigenvalue weighted by molar-refractivity contribution is 0.0239. The molecule has 1 heterocycles. The van der Waals surface area contributed by atoms with Gasteiger partial charge in [0.2, 0.25) is 0 Å². The third-order valence-electron chi connectivity index (χ3n) is 2.43. The minimum absolute atomic E-state index is 0.197. The van der Waals surface area contributed by atoms with Crippen molar-refractivity contribution in [3.8, 4) is 0 Å². The molecule has 1 fully saturated rings. The highest BCUT2D eigenvalue weighted by Gasteiger charge is 2.24. The van der Waals surface area contributed by atoms with Crippen LogP contribution in [0.15, 0.2) is 16.8 Å². The molecule has 13 heavy (non-hydrogen) atoms. The molecule has 0 aliphatic heterocycles. The smallest absolute Gasteiger partial charge is 0.162 e. The monoisotopic (exact) mass is 182 g/mol. The summed E-state index contributed by atoms with van der Waals surface area (Å²) in [7, 11) is 0. The molecule has 2 unspecified atom stereocenters. The molecule has 1 aromatic heterocycles. The minimum Gasteiger partial charge on any atom is -0.369 e. The summed E-state index contributed by atoms with van der Waals surface area (Å²) < 4.78 is 10.5. The van der Waals surface area contributed by atoms with E-state index in [9.17, 15) is 0 Å². The Balaban J connectivity index is 1.79. The lowest BCUT2D eigenvalue weighted by Crippen LogP contribution is -2.31. The van der Waals surface area contributed by atoms with E-state index in [0.717, 1.165) is 18.6 Å². The summed E-state index contributed by atoms with van der Waals surface area (Å²) in [4.78, 5) is 0. The molecule has 1 aromatic rings. The zero-order valence-electron chi connectivity index (χ0n) is 7.48. The maximum absolute atomic E-state index is 5.85.